The first kappa shape index (κ1) is 7.34. The van der Waals surface area contributed by atoms with Gasteiger partial charge in [0.15, 0.2) is 0 Å². The van der Waals surface area contributed by atoms with Crippen LogP contribution in [0.5, 0.6) is 0 Å². The Hall–Kier alpha value is -0.660. The average Bonchev–Trinajstić information content (AvgIpc) is 1.66. The Labute approximate surface area is 47.5 Å². The second-order valence-electron chi connectivity index (χ2n) is 1.36. The molecule has 0 amide bonds. The van der Waals surface area contributed by atoms with Crippen LogP contribution < -0.4 is 0 Å². The number of hydrogen-bond donors (Lipinski definition) is 0. The molecular formula is C6H8F2. The van der Waals surface area contributed by atoms with Crippen molar-refractivity contribution in [1.82, 2.24) is 0 Å². The molecule has 0 saturated carbocycles. The number of halogens is 2. The van der Waals surface area contributed by atoms with Gasteiger partial charge < -0.3 is 0 Å². The Morgan fingerprint density at radius 1 is 1.38 bits per heavy atom. The third-order valence-corrected chi connectivity index (χ3v) is 0.669. The van der Waals surface area contributed by atoms with Crippen LogP contribution in [0.3, 0.4) is 0 Å². The molecule has 46 valence electrons. The minimum atomic E-state index is -1.60. The van der Waals surface area contributed by atoms with Crippen molar-refractivity contribution in [1.29, 1.82) is 0 Å². The third-order valence-electron chi connectivity index (χ3n) is 0.669. The Balaban J connectivity index is 3.15. The van der Waals surface area contributed by atoms with Crippen molar-refractivity contribution in [2.45, 2.75) is 12.8 Å². The average molecular weight is 118 g/mol. The van der Waals surface area contributed by atoms with Gasteiger partial charge in [-0.15, -0.1) is 6.58 Å². The molecule has 8 heavy (non-hydrogen) atoms. The standard InChI is InChI=1S/C6H8F2/c1-2-3-4-5-6(7)8/h2,5H,1,3-4H2. The van der Waals surface area contributed by atoms with Crippen LogP contribution in [0.25, 0.3) is 0 Å². The Morgan fingerprint density at radius 2 is 2.00 bits per heavy atom. The van der Waals surface area contributed by atoms with E-state index in [0.29, 0.717) is 12.8 Å². The summed E-state index contributed by atoms with van der Waals surface area (Å²) in [6, 6.07) is 0. The summed E-state index contributed by atoms with van der Waals surface area (Å²) >= 11 is 0. The van der Waals surface area contributed by atoms with Gasteiger partial charge in [0.2, 0.25) is 0 Å². The highest BCUT2D eigenvalue weighted by Crippen LogP contribution is 2.00. The van der Waals surface area contributed by atoms with Gasteiger partial charge in [0.05, 0.1) is 0 Å². The Bertz CT molecular complexity index is 90.7. The molecule has 0 nitrogen and oxygen atoms in total. The van der Waals surface area contributed by atoms with Crippen molar-refractivity contribution in [2.75, 3.05) is 0 Å². The van der Waals surface area contributed by atoms with E-state index in [-0.39, 0.29) is 0 Å². The predicted octanol–water partition coefficient (Wildman–Crippen LogP) is 2.73. The van der Waals surface area contributed by atoms with Crippen LogP contribution in [0.15, 0.2) is 24.8 Å². The molecule has 0 aliphatic heterocycles. The molecule has 0 unspecified atom stereocenters. The van der Waals surface area contributed by atoms with Crippen LogP contribution in [0.2, 0.25) is 0 Å². The number of allylic oxidation sites excluding steroid dienone is 2. The SMILES string of the molecule is C=CCCC=C(F)F. The molecule has 0 rings (SSSR count). The van der Waals surface area contributed by atoms with E-state index < -0.39 is 6.08 Å². The lowest BCUT2D eigenvalue weighted by molar-refractivity contribution is 0.417. The van der Waals surface area contributed by atoms with E-state index in [0.717, 1.165) is 6.08 Å². The lowest BCUT2D eigenvalue weighted by atomic mass is 10.3. The minimum absolute atomic E-state index is 0.395. The minimum Gasteiger partial charge on any atom is -0.174 e. The van der Waals surface area contributed by atoms with Crippen molar-refractivity contribution in [2.24, 2.45) is 0 Å². The van der Waals surface area contributed by atoms with Crippen LogP contribution in [0.4, 0.5) is 8.78 Å². The first-order valence-corrected chi connectivity index (χ1v) is 2.39. The fourth-order valence-corrected chi connectivity index (χ4v) is 0.310. The maximum atomic E-state index is 11.2. The fraction of sp³-hybridized carbons (Fsp3) is 0.333. The van der Waals surface area contributed by atoms with Crippen LogP contribution in [-0.2, 0) is 0 Å². The van der Waals surface area contributed by atoms with Gasteiger partial charge in [-0.2, -0.15) is 8.78 Å². The lowest BCUT2D eigenvalue weighted by Gasteiger charge is -1.80. The quantitative estimate of drug-likeness (QED) is 0.395. The van der Waals surface area contributed by atoms with E-state index in [1.165, 1.54) is 0 Å². The zero-order valence-corrected chi connectivity index (χ0v) is 4.53. The van der Waals surface area contributed by atoms with Gasteiger partial charge in [0.25, 0.3) is 6.08 Å². The first-order chi connectivity index (χ1) is 3.77. The van der Waals surface area contributed by atoms with Gasteiger partial charge in [0.1, 0.15) is 0 Å². The van der Waals surface area contributed by atoms with Crippen molar-refractivity contribution < 1.29 is 8.78 Å². The van der Waals surface area contributed by atoms with Gasteiger partial charge in [-0.1, -0.05) is 6.08 Å². The largest absolute Gasteiger partial charge is 0.266 e. The summed E-state index contributed by atoms with van der Waals surface area (Å²) < 4.78 is 22.4. The van der Waals surface area contributed by atoms with Crippen LogP contribution in [0, 0.1) is 0 Å². The number of hydrogen-bond acceptors (Lipinski definition) is 0. The summed E-state index contributed by atoms with van der Waals surface area (Å²) in [6.07, 6.45) is 1.91. The molecule has 0 aliphatic carbocycles. The van der Waals surface area contributed by atoms with Crippen molar-refractivity contribution in [3.63, 3.8) is 0 Å². The van der Waals surface area contributed by atoms with E-state index in [1.54, 1.807) is 6.08 Å². The summed E-state index contributed by atoms with van der Waals surface area (Å²) in [4.78, 5) is 0. The molecular weight excluding hydrogens is 110 g/mol. The number of rotatable bonds is 3. The van der Waals surface area contributed by atoms with E-state index in [9.17, 15) is 8.78 Å². The maximum absolute atomic E-state index is 11.2. The van der Waals surface area contributed by atoms with Gasteiger partial charge >= 0.3 is 0 Å². The third kappa shape index (κ3) is 5.34. The van der Waals surface area contributed by atoms with E-state index in [4.69, 9.17) is 0 Å². The second-order valence-corrected chi connectivity index (χ2v) is 1.36. The topological polar surface area (TPSA) is 0 Å². The molecule has 0 aromatic rings. The van der Waals surface area contributed by atoms with E-state index in [2.05, 4.69) is 6.58 Å². The van der Waals surface area contributed by atoms with Gasteiger partial charge in [-0.25, -0.2) is 0 Å². The maximum Gasteiger partial charge on any atom is 0.266 e. The summed E-state index contributed by atoms with van der Waals surface area (Å²) in [6.45, 7) is 3.38. The molecule has 0 fully saturated rings. The molecule has 0 saturated heterocycles. The smallest absolute Gasteiger partial charge is 0.174 e. The fourth-order valence-electron chi connectivity index (χ4n) is 0.310. The van der Waals surface area contributed by atoms with Gasteiger partial charge in [-0.05, 0) is 18.9 Å². The molecule has 0 spiro atoms. The van der Waals surface area contributed by atoms with E-state index in [1.807, 2.05) is 0 Å². The molecule has 0 heterocycles. The molecule has 0 radical (unpaired) electrons. The molecule has 0 N–H and O–H groups in total. The molecule has 0 aliphatic rings. The van der Waals surface area contributed by atoms with Crippen molar-refractivity contribution in [3.05, 3.63) is 24.8 Å². The Kier molecular flexibility index (Phi) is 4.13. The van der Waals surface area contributed by atoms with Crippen LogP contribution in [-0.4, -0.2) is 0 Å². The summed E-state index contributed by atoms with van der Waals surface area (Å²) in [7, 11) is 0. The van der Waals surface area contributed by atoms with Crippen molar-refractivity contribution in [3.8, 4) is 0 Å². The lowest BCUT2D eigenvalue weighted by Crippen LogP contribution is -1.62. The van der Waals surface area contributed by atoms with Crippen molar-refractivity contribution >= 4 is 0 Å². The normalized spacial score (nSPS) is 8.25. The zero-order valence-electron chi connectivity index (χ0n) is 4.53. The number of unbranched alkanes of at least 4 members (excludes halogenated alkanes) is 1. The molecule has 2 heteroatoms. The predicted molar refractivity (Wildman–Crippen MR) is 29.7 cm³/mol. The molecule has 0 atom stereocenters. The summed E-state index contributed by atoms with van der Waals surface area (Å²) in [5.41, 5.74) is 0. The molecule has 0 bridgehead atoms. The van der Waals surface area contributed by atoms with Gasteiger partial charge in [-0.3, -0.25) is 0 Å². The Morgan fingerprint density at radius 3 is 2.38 bits per heavy atom. The van der Waals surface area contributed by atoms with E-state index >= 15 is 0 Å². The second kappa shape index (κ2) is 4.50. The molecule has 0 aromatic heterocycles. The van der Waals surface area contributed by atoms with Gasteiger partial charge in [0, 0.05) is 0 Å². The first-order valence-electron chi connectivity index (χ1n) is 2.39. The summed E-state index contributed by atoms with van der Waals surface area (Å²) in [5, 5.41) is 0. The van der Waals surface area contributed by atoms with Crippen LogP contribution in [0.1, 0.15) is 12.8 Å². The molecule has 0 aromatic carbocycles. The highest BCUT2D eigenvalue weighted by molar-refractivity contribution is 4.83. The highest BCUT2D eigenvalue weighted by Gasteiger charge is 1.83. The highest BCUT2D eigenvalue weighted by atomic mass is 19.3. The summed E-state index contributed by atoms with van der Waals surface area (Å²) in [5.74, 6) is 0. The van der Waals surface area contributed by atoms with Crippen LogP contribution >= 0.6 is 0 Å². The zero-order chi connectivity index (χ0) is 6.41. The monoisotopic (exact) mass is 118 g/mol.